The Labute approximate surface area is 149 Å². The molecule has 0 spiro atoms. The molecule has 0 fully saturated rings. The molecule has 0 aliphatic carbocycles. The molecule has 2 aromatic carbocycles. The first-order chi connectivity index (χ1) is 11.3. The number of carbonyl (C=O) groups excluding carboxylic acids is 1. The van der Waals surface area contributed by atoms with E-state index in [1.807, 2.05) is 6.07 Å². The number of carbonyl (C=O) groups is 1. The van der Waals surface area contributed by atoms with Crippen LogP contribution in [-0.4, -0.2) is 11.0 Å². The lowest BCUT2D eigenvalue weighted by atomic mass is 10.0. The second-order valence-corrected chi connectivity index (χ2v) is 6.07. The maximum atomic E-state index is 12.3. The second-order valence-electron chi connectivity index (χ2n) is 5.26. The van der Waals surface area contributed by atoms with Gasteiger partial charge in [-0.05, 0) is 66.9 Å². The van der Waals surface area contributed by atoms with Crippen LogP contribution in [0.3, 0.4) is 0 Å². The zero-order chi connectivity index (χ0) is 17.9. The molecular weight excluding hydrogens is 347 g/mol. The summed E-state index contributed by atoms with van der Waals surface area (Å²) in [7, 11) is 0. The van der Waals surface area contributed by atoms with Gasteiger partial charge in [0.2, 0.25) is 0 Å². The molecule has 0 atom stereocenters. The lowest BCUT2D eigenvalue weighted by Gasteiger charge is -2.07. The first-order valence-electron chi connectivity index (χ1n) is 7.00. The van der Waals surface area contributed by atoms with Crippen LogP contribution in [-0.2, 0) is 4.79 Å². The number of aromatic hydroxyl groups is 1. The van der Waals surface area contributed by atoms with Crippen molar-refractivity contribution >= 4 is 40.9 Å². The van der Waals surface area contributed by atoms with Gasteiger partial charge >= 0.3 is 0 Å². The van der Waals surface area contributed by atoms with Gasteiger partial charge in [0.1, 0.15) is 17.4 Å². The molecule has 4 nitrogen and oxygen atoms in total. The number of anilines is 1. The zero-order valence-electron chi connectivity index (χ0n) is 13.0. The van der Waals surface area contributed by atoms with Gasteiger partial charge in [0.05, 0.1) is 10.0 Å². The van der Waals surface area contributed by atoms with Gasteiger partial charge in [-0.25, -0.2) is 0 Å². The molecule has 0 aliphatic heterocycles. The minimum absolute atomic E-state index is 0.0643. The summed E-state index contributed by atoms with van der Waals surface area (Å²) in [6, 6.07) is 9.93. The highest BCUT2D eigenvalue weighted by molar-refractivity contribution is 6.42. The van der Waals surface area contributed by atoms with E-state index in [4.69, 9.17) is 23.2 Å². The Hall–Kier alpha value is -2.48. The van der Waals surface area contributed by atoms with Gasteiger partial charge in [-0.2, -0.15) is 5.26 Å². The molecule has 0 saturated carbocycles. The van der Waals surface area contributed by atoms with E-state index in [0.717, 1.165) is 0 Å². The van der Waals surface area contributed by atoms with Gasteiger partial charge in [-0.15, -0.1) is 0 Å². The topological polar surface area (TPSA) is 73.1 Å². The summed E-state index contributed by atoms with van der Waals surface area (Å²) >= 11 is 11.7. The van der Waals surface area contributed by atoms with Gasteiger partial charge < -0.3 is 10.4 Å². The van der Waals surface area contributed by atoms with Crippen molar-refractivity contribution in [3.8, 4) is 11.8 Å². The van der Waals surface area contributed by atoms with Crippen molar-refractivity contribution in [1.82, 2.24) is 0 Å². The molecule has 2 aromatic rings. The molecule has 0 aromatic heterocycles. The normalized spacial score (nSPS) is 11.0. The number of aryl methyl sites for hydroxylation is 2. The van der Waals surface area contributed by atoms with Gasteiger partial charge in [0.15, 0.2) is 0 Å². The summed E-state index contributed by atoms with van der Waals surface area (Å²) in [6.07, 6.45) is 1.46. The van der Waals surface area contributed by atoms with Crippen LogP contribution in [0, 0.1) is 25.2 Å². The number of phenolic OH excluding ortho intramolecular Hbond substituents is 1. The number of nitriles is 1. The second kappa shape index (κ2) is 7.39. The first kappa shape index (κ1) is 17.9. The van der Waals surface area contributed by atoms with E-state index in [-0.39, 0.29) is 11.3 Å². The van der Waals surface area contributed by atoms with E-state index >= 15 is 0 Å². The van der Waals surface area contributed by atoms with Crippen molar-refractivity contribution in [3.05, 3.63) is 62.6 Å². The minimum atomic E-state index is -0.556. The molecule has 0 saturated heterocycles. The molecule has 0 heterocycles. The summed E-state index contributed by atoms with van der Waals surface area (Å²) < 4.78 is 0. The molecule has 2 rings (SSSR count). The summed E-state index contributed by atoms with van der Waals surface area (Å²) in [5, 5.41) is 22.3. The zero-order valence-corrected chi connectivity index (χ0v) is 14.5. The van der Waals surface area contributed by atoms with Crippen molar-refractivity contribution in [2.24, 2.45) is 0 Å². The Balaban J connectivity index is 2.29. The van der Waals surface area contributed by atoms with Crippen molar-refractivity contribution < 1.29 is 9.90 Å². The Morgan fingerprint density at radius 3 is 2.33 bits per heavy atom. The summed E-state index contributed by atoms with van der Waals surface area (Å²) in [4.78, 5) is 12.3. The van der Waals surface area contributed by atoms with E-state index in [1.54, 1.807) is 38.1 Å². The van der Waals surface area contributed by atoms with Crippen molar-refractivity contribution in [2.45, 2.75) is 13.8 Å². The summed E-state index contributed by atoms with van der Waals surface area (Å²) in [6.45, 7) is 3.50. The van der Waals surface area contributed by atoms with Crippen LogP contribution < -0.4 is 5.32 Å². The minimum Gasteiger partial charge on any atom is -0.507 e. The van der Waals surface area contributed by atoms with Crippen LogP contribution in [0.1, 0.15) is 16.7 Å². The van der Waals surface area contributed by atoms with E-state index in [1.165, 1.54) is 12.1 Å². The predicted octanol–water partition coefficient (Wildman–Crippen LogP) is 4.86. The number of phenols is 1. The average Bonchev–Trinajstić information content (AvgIpc) is 2.53. The first-order valence-corrected chi connectivity index (χ1v) is 7.76. The molecule has 0 bridgehead atoms. The third-order valence-electron chi connectivity index (χ3n) is 3.37. The smallest absolute Gasteiger partial charge is 0.266 e. The number of amides is 1. The SMILES string of the molecule is Cc1cc(C=C(C#N)C(=O)Nc2ccc(Cl)c(Cl)c2)cc(C)c1O. The quantitative estimate of drug-likeness (QED) is 0.606. The molecular formula is C18H14Cl2N2O2. The highest BCUT2D eigenvalue weighted by Gasteiger charge is 2.11. The van der Waals surface area contributed by atoms with Crippen LogP contribution in [0.4, 0.5) is 5.69 Å². The van der Waals surface area contributed by atoms with E-state index in [0.29, 0.717) is 32.4 Å². The number of rotatable bonds is 3. The monoisotopic (exact) mass is 360 g/mol. The Kier molecular flexibility index (Phi) is 5.50. The number of nitrogens with zero attached hydrogens (tertiary/aromatic N) is 1. The molecule has 2 N–H and O–H groups in total. The van der Waals surface area contributed by atoms with Gasteiger partial charge in [0, 0.05) is 5.69 Å². The molecule has 6 heteroatoms. The van der Waals surface area contributed by atoms with Crippen molar-refractivity contribution in [1.29, 1.82) is 5.26 Å². The highest BCUT2D eigenvalue weighted by Crippen LogP contribution is 2.26. The fraction of sp³-hybridized carbons (Fsp3) is 0.111. The standard InChI is InChI=1S/C18H14Cl2N2O2/c1-10-5-12(6-11(2)17(10)23)7-13(9-21)18(24)22-14-3-4-15(19)16(20)8-14/h3-8,23H,1-2H3,(H,22,24). The van der Waals surface area contributed by atoms with Crippen LogP contribution in [0.2, 0.25) is 10.0 Å². The third-order valence-corrected chi connectivity index (χ3v) is 4.11. The van der Waals surface area contributed by atoms with Gasteiger partial charge in [0.25, 0.3) is 5.91 Å². The molecule has 0 radical (unpaired) electrons. The van der Waals surface area contributed by atoms with Crippen LogP contribution in [0.15, 0.2) is 35.9 Å². The highest BCUT2D eigenvalue weighted by atomic mass is 35.5. The van der Waals surface area contributed by atoms with Crippen molar-refractivity contribution in [3.63, 3.8) is 0 Å². The van der Waals surface area contributed by atoms with Gasteiger partial charge in [-0.1, -0.05) is 23.2 Å². The number of halogens is 2. The lowest BCUT2D eigenvalue weighted by molar-refractivity contribution is -0.112. The maximum absolute atomic E-state index is 12.3. The third kappa shape index (κ3) is 4.08. The summed E-state index contributed by atoms with van der Waals surface area (Å²) in [5.41, 5.74) is 2.37. The molecule has 0 aliphatic rings. The number of hydrogen-bond donors (Lipinski definition) is 2. The number of hydrogen-bond acceptors (Lipinski definition) is 3. The Bertz CT molecular complexity index is 860. The van der Waals surface area contributed by atoms with E-state index in [2.05, 4.69) is 5.32 Å². The van der Waals surface area contributed by atoms with Crippen LogP contribution >= 0.6 is 23.2 Å². The Morgan fingerprint density at radius 1 is 1.17 bits per heavy atom. The van der Waals surface area contributed by atoms with E-state index in [9.17, 15) is 15.2 Å². The van der Waals surface area contributed by atoms with Crippen LogP contribution in [0.5, 0.6) is 5.75 Å². The molecule has 122 valence electrons. The average molecular weight is 361 g/mol. The number of benzene rings is 2. The Morgan fingerprint density at radius 2 is 1.79 bits per heavy atom. The largest absolute Gasteiger partial charge is 0.507 e. The van der Waals surface area contributed by atoms with Gasteiger partial charge in [-0.3, -0.25) is 4.79 Å². The molecule has 24 heavy (non-hydrogen) atoms. The van der Waals surface area contributed by atoms with Crippen LogP contribution in [0.25, 0.3) is 6.08 Å². The fourth-order valence-electron chi connectivity index (χ4n) is 2.16. The summed E-state index contributed by atoms with van der Waals surface area (Å²) in [5.74, 6) is -0.356. The van der Waals surface area contributed by atoms with Crippen molar-refractivity contribution in [2.75, 3.05) is 5.32 Å². The lowest BCUT2D eigenvalue weighted by Crippen LogP contribution is -2.13. The number of nitrogens with one attached hydrogen (secondary N) is 1. The molecule has 1 amide bonds. The molecule has 0 unspecified atom stereocenters. The predicted molar refractivity (Wildman–Crippen MR) is 96.3 cm³/mol. The fourth-order valence-corrected chi connectivity index (χ4v) is 2.46. The maximum Gasteiger partial charge on any atom is 0.266 e. The van der Waals surface area contributed by atoms with E-state index < -0.39 is 5.91 Å².